The molecule has 0 aliphatic carbocycles. The minimum atomic E-state index is -2.06. The lowest BCUT2D eigenvalue weighted by Crippen LogP contribution is -2.51. The summed E-state index contributed by atoms with van der Waals surface area (Å²) in [5.74, 6) is 0.440. The molecule has 10 heterocycles. The maximum absolute atomic E-state index is 10.1. The molecule has 0 radical (unpaired) electrons. The highest BCUT2D eigenvalue weighted by atomic mass is 15.5. The molecule has 0 atom stereocenters. The zero-order chi connectivity index (χ0) is 93.6. The van der Waals surface area contributed by atoms with E-state index in [0.29, 0.717) is 0 Å². The first-order valence-corrected chi connectivity index (χ1v) is 35.9. The van der Waals surface area contributed by atoms with E-state index in [1.165, 1.54) is 29.7 Å². The number of aromatic nitrogens is 6. The summed E-state index contributed by atoms with van der Waals surface area (Å²) in [4.78, 5) is 27.5. The predicted molar refractivity (Wildman–Crippen MR) is 458 cm³/mol. The third-order valence-corrected chi connectivity index (χ3v) is 21.5. The number of hydrogen-bond donors (Lipinski definition) is 0. The number of anilines is 18. The number of rotatable bonds is 8. The third-order valence-electron chi connectivity index (χ3n) is 21.5. The molecule has 0 bridgehead atoms. The zero-order valence-corrected chi connectivity index (χ0v) is 58.3. The minimum Gasteiger partial charge on any atom is -0.344 e. The maximum Gasteiger partial charge on any atom is 0.519 e. The van der Waals surface area contributed by atoms with Crippen LogP contribution in [0.25, 0.3) is 67.1 Å². The van der Waals surface area contributed by atoms with E-state index in [1.54, 1.807) is 0 Å². The van der Waals surface area contributed by atoms with E-state index in [4.69, 9.17) is 26.9 Å². The molecule has 6 aliphatic heterocycles. The molecule has 0 amide bonds. The summed E-state index contributed by atoms with van der Waals surface area (Å²) >= 11 is 0. The van der Waals surface area contributed by atoms with Gasteiger partial charge in [0.15, 0.2) is 0 Å². The Hall–Kier alpha value is -14.8. The number of imidazole rings is 4. The van der Waals surface area contributed by atoms with E-state index in [1.807, 2.05) is 0 Å². The Kier molecular flexibility index (Phi) is 9.05. The average Bonchev–Trinajstić information content (AvgIpc) is 1.49. The highest BCUT2D eigenvalue weighted by Gasteiger charge is 2.57. The lowest BCUT2D eigenvalue weighted by atomic mass is 9.86. The number of hydrogen-bond acceptors (Lipinski definition) is 11. The van der Waals surface area contributed by atoms with Gasteiger partial charge in [0, 0.05) is 34.1 Å². The van der Waals surface area contributed by atoms with Crippen molar-refractivity contribution >= 4 is 179 Å². The van der Waals surface area contributed by atoms with Crippen molar-refractivity contribution < 1.29 is 32.9 Å². The van der Waals surface area contributed by atoms with Crippen LogP contribution in [-0.2, 0) is 0 Å². The Morgan fingerprint density at radius 3 is 1.30 bits per heavy atom. The first-order valence-electron chi connectivity index (χ1n) is 47.9. The summed E-state index contributed by atoms with van der Waals surface area (Å²) in [6, 6.07) is 61.7. The van der Waals surface area contributed by atoms with Crippen LogP contribution in [0, 0.1) is 6.92 Å². The summed E-state index contributed by atoms with van der Waals surface area (Å²) in [6.45, 7) is 1.36. The topological polar surface area (TPSA) is 73.6 Å². The maximum atomic E-state index is 10.1. The van der Waals surface area contributed by atoms with Gasteiger partial charge in [-0.3, -0.25) is 17.9 Å². The Morgan fingerprint density at radius 2 is 0.658 bits per heavy atom. The molecule has 6 aliphatic rings. The summed E-state index contributed by atoms with van der Waals surface area (Å²) in [5.41, 5.74) is 13.3. The SMILES string of the molecule is [2H]c1c([2H])c([2H])c(N2B3N(c4c([2H])c([2H])c([2H])c(-n5c6c([2H])c([2H])c(C)c([2H])c6n6c7c([2H])c([2H])c([2H])c([2H])c7nc56)c4[2H])c4c([2H])c([2H])c([2H])c([2H])c4N3c3c([2H])c([2H])c([2H])c([2H])c32)c([2H])c1[2H].c1ccc(N2B3N(c4ccc5c(c4)N4B(N(c6cccc(-n7c8ccccc8n8c9ccccc9nc78)c6)c6ccccc64)N5c4ccccc4)c4ccccc4N3c3ccccc32)cc1. The van der Waals surface area contributed by atoms with Gasteiger partial charge in [0.2, 0.25) is 11.6 Å². The zero-order valence-electron chi connectivity index (χ0n) is 82.3. The highest BCUT2D eigenvalue weighted by molar-refractivity contribution is 6.82. The first kappa shape index (κ1) is 42.5. The fourth-order valence-corrected chi connectivity index (χ4v) is 17.1. The summed E-state index contributed by atoms with van der Waals surface area (Å²) in [5, 5.41) is 0. The fraction of sp³-hybridized carbons (Fsp3) is 0.0108. The van der Waals surface area contributed by atoms with Crippen LogP contribution < -0.4 is 43.3 Å². The van der Waals surface area contributed by atoms with E-state index in [-0.39, 0.29) is 36.3 Å². The van der Waals surface area contributed by atoms with Crippen LogP contribution in [-0.4, -0.2) is 49.3 Å². The molecule has 111 heavy (non-hydrogen) atoms. The monoisotopic (exact) mass is 1450 g/mol. The molecule has 15 aromatic carbocycles. The second-order valence-corrected chi connectivity index (χ2v) is 27.3. The van der Waals surface area contributed by atoms with E-state index in [9.17, 15) is 11.0 Å². The van der Waals surface area contributed by atoms with Crippen LogP contribution in [0.2, 0.25) is 0 Å². The largest absolute Gasteiger partial charge is 0.519 e. The first-order chi connectivity index (χ1) is 65.0. The van der Waals surface area contributed by atoms with Crippen LogP contribution in [0.1, 0.15) is 38.5 Å². The van der Waals surface area contributed by atoms with Crippen molar-refractivity contribution in [2.24, 2.45) is 0 Å². The van der Waals surface area contributed by atoms with Gasteiger partial charge in [-0.2, -0.15) is 0 Å². The molecule has 18 heteroatoms. The fourth-order valence-electron chi connectivity index (χ4n) is 17.1. The Balaban J connectivity index is 0.000000148. The Morgan fingerprint density at radius 1 is 0.234 bits per heavy atom. The van der Waals surface area contributed by atoms with Crippen LogP contribution in [0.5, 0.6) is 0 Å². The molecule has 0 spiro atoms. The average molecular weight is 1450 g/mol. The second-order valence-electron chi connectivity index (χ2n) is 27.3. The van der Waals surface area contributed by atoms with Crippen molar-refractivity contribution in [3.05, 3.63) is 375 Å². The van der Waals surface area contributed by atoms with Gasteiger partial charge in [-0.05, 0) is 212 Å². The van der Waals surface area contributed by atoms with Gasteiger partial charge >= 0.3 is 21.4 Å². The molecule has 520 valence electrons. The lowest BCUT2D eigenvalue weighted by molar-refractivity contribution is 1.11. The Bertz CT molecular complexity index is 8520. The van der Waals surface area contributed by atoms with E-state index < -0.39 is 203 Å². The van der Waals surface area contributed by atoms with Gasteiger partial charge in [-0.15, -0.1) is 0 Å². The molecule has 25 rings (SSSR count). The van der Waals surface area contributed by atoms with E-state index in [0.717, 1.165) is 102 Å². The van der Waals surface area contributed by atoms with Crippen molar-refractivity contribution in [2.45, 2.75) is 6.92 Å². The smallest absolute Gasteiger partial charge is 0.344 e. The third kappa shape index (κ3) is 8.77. The van der Waals surface area contributed by atoms with Crippen molar-refractivity contribution in [3.63, 3.8) is 0 Å². The number of nitrogens with zero attached hydrogens (tertiary/aromatic N) is 15. The standard InChI is InChI=1S/C55H37B2N9.C38H27BN6/c1-3-18-38(19-4-1)61-47-28-11-14-31-50(47)65-51-32-15-12-29-48(51)64(56(61)65)42-34-35-53-54(37-42)66-52-33-16-13-30-49(52)63(57(66)62(53)39-20-5-2-6-21-39)41-23-17-22-40(36-41)59-45-26-9-10-27-46(45)60-44-25-8-7-24-43(44)58-55(59)60;1-26-22-23-32-37(24-26)42-31-17-6-5-16-30(31)40-38(42)41(32)28-14-11-15-29(25-28)44-34-19-8-10-21-36(34)45-35-20-9-7-18-33(35)43(39(44)45)27-12-3-2-4-13-27/h1-37H;2-25H,1H3/i;2D,3D,4D,5D,6D,7D,8D,9D,10D,11D,12D,13D,14D,15D,16D,17D,18D,19D,20D,21D,22D,23D,24D,25D. The van der Waals surface area contributed by atoms with Crippen molar-refractivity contribution in [1.82, 2.24) is 27.9 Å². The molecule has 19 aromatic rings. The molecule has 0 saturated heterocycles. The number of benzene rings is 15. The van der Waals surface area contributed by atoms with E-state index >= 15 is 0 Å². The van der Waals surface area contributed by atoms with Crippen LogP contribution in [0.15, 0.2) is 369 Å². The predicted octanol–water partition coefficient (Wildman–Crippen LogP) is 22.5. The quantitative estimate of drug-likeness (QED) is 0.137. The molecule has 0 N–H and O–H groups in total. The summed E-state index contributed by atoms with van der Waals surface area (Å²) in [6.07, 6.45) is 0. The van der Waals surface area contributed by atoms with Crippen molar-refractivity contribution in [2.75, 3.05) is 43.3 Å². The van der Waals surface area contributed by atoms with Crippen molar-refractivity contribution in [3.8, 4) is 11.4 Å². The number of fused-ring (bicyclic) bond motifs is 25. The molecule has 4 aromatic heterocycles. The normalized spacial score (nSPS) is 17.2. The molecule has 0 saturated carbocycles. The molecule has 0 fully saturated rings. The molecular formula is C93H64B3N15. The highest BCUT2D eigenvalue weighted by Crippen LogP contribution is 2.61. The summed E-state index contributed by atoms with van der Waals surface area (Å²) in [7, 11) is -2.46. The van der Waals surface area contributed by atoms with E-state index in [2.05, 4.69) is 267 Å². The molecule has 15 nitrogen and oxygen atoms in total. The van der Waals surface area contributed by atoms with Gasteiger partial charge < -0.3 is 43.3 Å². The second kappa shape index (κ2) is 23.6. The minimum absolute atomic E-state index is 0.0551. The van der Waals surface area contributed by atoms with Gasteiger partial charge in [0.05, 0.1) is 157 Å². The van der Waals surface area contributed by atoms with Crippen LogP contribution >= 0.6 is 0 Å². The molecular weight excluding hydrogens is 1360 g/mol. The van der Waals surface area contributed by atoms with Crippen LogP contribution in [0.3, 0.4) is 0 Å². The van der Waals surface area contributed by atoms with Gasteiger partial charge in [0.1, 0.15) is 0 Å². The van der Waals surface area contributed by atoms with Crippen molar-refractivity contribution in [1.29, 1.82) is 0 Å². The molecule has 0 unspecified atom stereocenters. The number of para-hydroxylation sites is 19. The van der Waals surface area contributed by atoms with Crippen LogP contribution in [0.4, 0.5) is 102 Å². The van der Waals surface area contributed by atoms with Gasteiger partial charge in [-0.25, -0.2) is 9.97 Å². The summed E-state index contributed by atoms with van der Waals surface area (Å²) < 4.78 is 222. The Labute approximate surface area is 674 Å². The lowest BCUT2D eigenvalue weighted by Gasteiger charge is -2.32. The van der Waals surface area contributed by atoms with Gasteiger partial charge in [-0.1, -0.05) is 170 Å². The van der Waals surface area contributed by atoms with Gasteiger partial charge in [0.25, 0.3) is 0 Å².